The molecule has 7 atom stereocenters. The van der Waals surface area contributed by atoms with Crippen LogP contribution in [0.15, 0.2) is 11.6 Å². The fraction of sp³-hybridized carbons (Fsp3) is 0.857. The SMILES string of the molecule is CCC(C)(C)CC[C@@](C)(CC[C@]1(C)C(C)C(=O)C[C@@H]2[C@@]3(C)C=C(C#N)C(=O)C(C)(C)[C@@H]3CC[C@]21C)CNS(=O)(=O)CC(F)(F)F. The van der Waals surface area contributed by atoms with E-state index in [0.717, 1.165) is 25.7 Å². The van der Waals surface area contributed by atoms with E-state index in [9.17, 15) is 36.4 Å². The molecule has 0 spiro atoms. The Labute approximate surface area is 269 Å². The Morgan fingerprint density at radius 3 is 2.16 bits per heavy atom. The van der Waals surface area contributed by atoms with Gasteiger partial charge in [0.15, 0.2) is 11.5 Å². The summed E-state index contributed by atoms with van der Waals surface area (Å²) in [6.07, 6.45) is 2.36. The Hall–Kier alpha value is -1.73. The molecule has 0 aromatic heterocycles. The van der Waals surface area contributed by atoms with E-state index in [0.29, 0.717) is 25.7 Å². The van der Waals surface area contributed by atoms with Crippen LogP contribution < -0.4 is 4.72 Å². The first kappa shape index (κ1) is 37.7. The molecule has 0 bridgehead atoms. The smallest absolute Gasteiger partial charge is 0.299 e. The van der Waals surface area contributed by atoms with E-state index in [-0.39, 0.29) is 52.3 Å². The van der Waals surface area contributed by atoms with Gasteiger partial charge in [-0.05, 0) is 77.4 Å². The van der Waals surface area contributed by atoms with Crippen LogP contribution in [-0.4, -0.2) is 38.5 Å². The summed E-state index contributed by atoms with van der Waals surface area (Å²) in [5, 5.41) is 9.91. The van der Waals surface area contributed by atoms with Crippen molar-refractivity contribution in [1.29, 1.82) is 5.26 Å². The fourth-order valence-electron chi connectivity index (χ4n) is 9.25. The third kappa shape index (κ3) is 7.10. The maximum absolute atomic E-state index is 13.9. The predicted octanol–water partition coefficient (Wildman–Crippen LogP) is 8.18. The van der Waals surface area contributed by atoms with Crippen molar-refractivity contribution >= 4 is 21.6 Å². The number of fused-ring (bicyclic) bond motifs is 3. The first-order valence-electron chi connectivity index (χ1n) is 16.5. The lowest BCUT2D eigenvalue weighted by molar-refractivity contribution is -0.187. The normalized spacial score (nSPS) is 35.1. The average molecular weight is 657 g/mol. The second-order valence-electron chi connectivity index (χ2n) is 17.0. The van der Waals surface area contributed by atoms with Crippen LogP contribution >= 0.6 is 0 Å². The van der Waals surface area contributed by atoms with Crippen molar-refractivity contribution < 1.29 is 31.2 Å². The molecule has 3 rings (SSSR count). The standard InChI is InChI=1S/C35H55F3N2O4S/c1-11-29(3,4)14-15-31(7,21-40-45(43,44)22-35(36,37)38)16-17-33(9)23(2)25(41)18-27-32(8)19-24(20-39)28(42)30(5,6)26(32)12-13-34(27,33)10/h19,23,26-27,40H,11-18,21-22H2,1-10H3/t23?,26-,27+,31-,32-,33+,34+/m0/s1. The molecule has 0 aromatic carbocycles. The van der Waals surface area contributed by atoms with Gasteiger partial charge in [-0.15, -0.1) is 0 Å². The van der Waals surface area contributed by atoms with E-state index < -0.39 is 43.6 Å². The molecule has 0 radical (unpaired) electrons. The number of halogens is 3. The molecule has 0 aliphatic heterocycles. The van der Waals surface area contributed by atoms with Gasteiger partial charge in [0.05, 0.1) is 5.57 Å². The molecule has 1 N–H and O–H groups in total. The minimum absolute atomic E-state index is 0.0237. The topological polar surface area (TPSA) is 104 Å². The molecule has 0 aromatic rings. The Balaban J connectivity index is 2.01. The Kier molecular flexibility index (Phi) is 10.1. The largest absolute Gasteiger partial charge is 0.404 e. The van der Waals surface area contributed by atoms with Crippen LogP contribution in [-0.2, 0) is 19.6 Å². The van der Waals surface area contributed by atoms with Gasteiger partial charge in [-0.3, -0.25) is 9.59 Å². The van der Waals surface area contributed by atoms with Crippen molar-refractivity contribution in [3.05, 3.63) is 11.6 Å². The van der Waals surface area contributed by atoms with Gasteiger partial charge in [-0.25, -0.2) is 13.1 Å². The monoisotopic (exact) mass is 656 g/mol. The van der Waals surface area contributed by atoms with Crippen molar-refractivity contribution in [2.24, 2.45) is 50.2 Å². The predicted molar refractivity (Wildman–Crippen MR) is 170 cm³/mol. The number of sulfonamides is 1. The number of carbonyl (C=O) groups excluding carboxylic acids is 2. The van der Waals surface area contributed by atoms with Crippen LogP contribution in [0.5, 0.6) is 0 Å². The zero-order valence-corrected chi connectivity index (χ0v) is 29.8. The summed E-state index contributed by atoms with van der Waals surface area (Å²) < 4.78 is 66.2. The van der Waals surface area contributed by atoms with Gasteiger partial charge in [0.1, 0.15) is 11.9 Å². The van der Waals surface area contributed by atoms with Gasteiger partial charge in [0.25, 0.3) is 0 Å². The number of rotatable bonds is 11. The van der Waals surface area contributed by atoms with E-state index in [1.165, 1.54) is 0 Å². The first-order chi connectivity index (χ1) is 20.2. The van der Waals surface area contributed by atoms with E-state index in [4.69, 9.17) is 0 Å². The third-order valence-electron chi connectivity index (χ3n) is 13.3. The summed E-state index contributed by atoms with van der Waals surface area (Å²) in [5.41, 5.74) is -2.63. The average Bonchev–Trinajstić information content (AvgIpc) is 2.91. The van der Waals surface area contributed by atoms with E-state index >= 15 is 0 Å². The van der Waals surface area contributed by atoms with Gasteiger partial charge in [-0.2, -0.15) is 18.4 Å². The number of allylic oxidation sites excluding steroid dienone is 2. The highest BCUT2D eigenvalue weighted by Crippen LogP contribution is 2.71. The van der Waals surface area contributed by atoms with Gasteiger partial charge in [-0.1, -0.05) is 81.7 Å². The lowest BCUT2D eigenvalue weighted by Crippen LogP contribution is -2.64. The van der Waals surface area contributed by atoms with E-state index in [2.05, 4.69) is 52.3 Å². The molecule has 6 nitrogen and oxygen atoms in total. The molecule has 3 aliphatic carbocycles. The number of nitriles is 1. The fourth-order valence-corrected chi connectivity index (χ4v) is 10.4. The van der Waals surface area contributed by atoms with Crippen LogP contribution in [0.2, 0.25) is 0 Å². The number of ketones is 2. The minimum atomic E-state index is -4.84. The molecular weight excluding hydrogens is 601 g/mol. The zero-order valence-electron chi connectivity index (χ0n) is 29.0. The van der Waals surface area contributed by atoms with Crippen molar-refractivity contribution in [2.45, 2.75) is 127 Å². The van der Waals surface area contributed by atoms with Crippen LogP contribution in [0.25, 0.3) is 0 Å². The summed E-state index contributed by atoms with van der Waals surface area (Å²) in [5.74, 6) is -2.34. The maximum Gasteiger partial charge on any atom is 0.404 e. The summed E-state index contributed by atoms with van der Waals surface area (Å²) in [6, 6.07) is 2.13. The van der Waals surface area contributed by atoms with Crippen molar-refractivity contribution in [2.75, 3.05) is 12.3 Å². The van der Waals surface area contributed by atoms with E-state index in [1.54, 1.807) is 0 Å². The zero-order chi connectivity index (χ0) is 34.7. The second-order valence-corrected chi connectivity index (χ2v) is 18.8. The summed E-state index contributed by atoms with van der Waals surface area (Å²) in [6.45, 7) is 20.5. The van der Waals surface area contributed by atoms with Gasteiger partial charge in [0.2, 0.25) is 10.0 Å². The van der Waals surface area contributed by atoms with Gasteiger partial charge >= 0.3 is 6.18 Å². The number of hydrogen-bond donors (Lipinski definition) is 1. The van der Waals surface area contributed by atoms with E-state index in [1.807, 2.05) is 33.8 Å². The van der Waals surface area contributed by atoms with Crippen LogP contribution in [0, 0.1) is 61.6 Å². The van der Waals surface area contributed by atoms with Crippen molar-refractivity contribution in [3.63, 3.8) is 0 Å². The molecule has 0 heterocycles. The highest BCUT2D eigenvalue weighted by atomic mass is 32.2. The van der Waals surface area contributed by atoms with Crippen molar-refractivity contribution in [1.82, 2.24) is 4.72 Å². The molecular formula is C35H55F3N2O4S. The Morgan fingerprint density at radius 1 is 1.02 bits per heavy atom. The van der Waals surface area contributed by atoms with Crippen LogP contribution in [0.4, 0.5) is 13.2 Å². The third-order valence-corrected chi connectivity index (χ3v) is 14.6. The summed E-state index contributed by atoms with van der Waals surface area (Å²) in [7, 11) is -4.58. The summed E-state index contributed by atoms with van der Waals surface area (Å²) in [4.78, 5) is 27.1. The summed E-state index contributed by atoms with van der Waals surface area (Å²) >= 11 is 0. The number of nitrogens with one attached hydrogen (secondary N) is 1. The first-order valence-corrected chi connectivity index (χ1v) is 18.1. The number of carbonyl (C=O) groups is 2. The maximum atomic E-state index is 13.9. The number of Topliss-reactive ketones (excluding diaryl/α,β-unsaturated/α-hetero) is 2. The highest BCUT2D eigenvalue weighted by molar-refractivity contribution is 7.89. The number of hydrogen-bond acceptors (Lipinski definition) is 5. The highest BCUT2D eigenvalue weighted by Gasteiger charge is 2.67. The lowest BCUT2D eigenvalue weighted by Gasteiger charge is -2.68. The molecule has 10 heteroatoms. The second kappa shape index (κ2) is 12.1. The lowest BCUT2D eigenvalue weighted by atomic mass is 9.35. The number of alkyl halides is 3. The molecule has 1 unspecified atom stereocenters. The van der Waals surface area contributed by atoms with Crippen molar-refractivity contribution in [3.8, 4) is 6.07 Å². The molecule has 0 saturated heterocycles. The number of nitrogens with zero attached hydrogens (tertiary/aromatic N) is 1. The Morgan fingerprint density at radius 2 is 1.62 bits per heavy atom. The minimum Gasteiger partial charge on any atom is -0.299 e. The Bertz CT molecular complexity index is 1360. The molecule has 2 fully saturated rings. The van der Waals surface area contributed by atoms with Crippen LogP contribution in [0.3, 0.4) is 0 Å². The molecule has 0 amide bonds. The van der Waals surface area contributed by atoms with Gasteiger partial charge < -0.3 is 0 Å². The van der Waals surface area contributed by atoms with Gasteiger partial charge in [0, 0.05) is 24.3 Å². The molecule has 2 saturated carbocycles. The molecule has 3 aliphatic rings. The molecule has 256 valence electrons. The van der Waals surface area contributed by atoms with Crippen LogP contribution in [0.1, 0.15) is 121 Å². The quantitative estimate of drug-likeness (QED) is 0.242. The molecule has 45 heavy (non-hydrogen) atoms.